The number of benzene rings is 2. The van der Waals surface area contributed by atoms with E-state index in [1.165, 1.54) is 12.1 Å². The van der Waals surface area contributed by atoms with Crippen LogP contribution in [0.2, 0.25) is 0 Å². The summed E-state index contributed by atoms with van der Waals surface area (Å²) in [6.45, 7) is 0. The third-order valence-electron chi connectivity index (χ3n) is 1.76. The summed E-state index contributed by atoms with van der Waals surface area (Å²) < 4.78 is 0. The van der Waals surface area contributed by atoms with Gasteiger partial charge in [-0.15, -0.1) is 0 Å². The van der Waals surface area contributed by atoms with Crippen LogP contribution in [0.4, 0.5) is 0 Å². The van der Waals surface area contributed by atoms with E-state index in [2.05, 4.69) is 6.07 Å². The lowest BCUT2D eigenvalue weighted by atomic mass is 10.1. The first kappa shape index (κ1) is 6.98. The molecule has 0 heterocycles. The number of phenolic OH excluding ortho intramolecular Hbond substituents is 2. The Balaban J connectivity index is 2.84. The summed E-state index contributed by atoms with van der Waals surface area (Å²) in [5.41, 5.74) is 0. The van der Waals surface area contributed by atoms with Crippen molar-refractivity contribution in [3.63, 3.8) is 0 Å². The van der Waals surface area contributed by atoms with Gasteiger partial charge >= 0.3 is 0 Å². The highest BCUT2D eigenvalue weighted by atomic mass is 16.3. The van der Waals surface area contributed by atoms with E-state index < -0.39 is 0 Å². The molecule has 2 aromatic carbocycles. The van der Waals surface area contributed by atoms with Crippen molar-refractivity contribution in [1.82, 2.24) is 0 Å². The molecule has 0 aromatic heterocycles. The zero-order valence-electron chi connectivity index (χ0n) is 6.28. The minimum Gasteiger partial charge on any atom is -0.504 e. The van der Waals surface area contributed by atoms with Gasteiger partial charge in [0.1, 0.15) is 0 Å². The van der Waals surface area contributed by atoms with Gasteiger partial charge in [-0.05, 0) is 29.0 Å². The molecule has 0 fully saturated rings. The molecule has 0 aliphatic heterocycles. The van der Waals surface area contributed by atoms with Crippen LogP contribution in [0, 0.1) is 6.07 Å². The number of aromatic hydroxyl groups is 2. The Morgan fingerprint density at radius 2 is 1.83 bits per heavy atom. The standard InChI is InChI=1S/C10H7O2/c11-9-5-7-3-1-2-4-8(7)6-10(9)12/h1-3,5-6,11-12H. The van der Waals surface area contributed by atoms with Gasteiger partial charge in [0.25, 0.3) is 0 Å². The van der Waals surface area contributed by atoms with Crippen molar-refractivity contribution in [3.05, 3.63) is 36.4 Å². The molecule has 1 radical (unpaired) electrons. The van der Waals surface area contributed by atoms with Crippen molar-refractivity contribution in [1.29, 1.82) is 0 Å². The molecule has 0 amide bonds. The van der Waals surface area contributed by atoms with Crippen molar-refractivity contribution >= 4 is 10.8 Å². The number of rotatable bonds is 0. The lowest BCUT2D eigenvalue weighted by Crippen LogP contribution is -1.73. The lowest BCUT2D eigenvalue weighted by molar-refractivity contribution is 0.405. The fourth-order valence-electron chi connectivity index (χ4n) is 1.15. The number of phenols is 2. The minimum absolute atomic E-state index is 0.0953. The average Bonchev–Trinajstić information content (AvgIpc) is 2.07. The molecule has 2 nitrogen and oxygen atoms in total. The van der Waals surface area contributed by atoms with E-state index in [0.717, 1.165) is 10.8 Å². The summed E-state index contributed by atoms with van der Waals surface area (Å²) in [7, 11) is 0. The van der Waals surface area contributed by atoms with Gasteiger partial charge in [-0.2, -0.15) is 0 Å². The van der Waals surface area contributed by atoms with E-state index >= 15 is 0 Å². The maximum atomic E-state index is 9.15. The smallest absolute Gasteiger partial charge is 0.158 e. The molecular formula is C10H7O2. The van der Waals surface area contributed by atoms with Crippen LogP contribution in [-0.4, -0.2) is 10.2 Å². The lowest BCUT2D eigenvalue weighted by Gasteiger charge is -1.99. The first-order chi connectivity index (χ1) is 5.77. The van der Waals surface area contributed by atoms with Gasteiger partial charge in [-0.1, -0.05) is 18.2 Å². The molecule has 2 rings (SSSR count). The van der Waals surface area contributed by atoms with Crippen molar-refractivity contribution in [2.24, 2.45) is 0 Å². The molecule has 0 bridgehead atoms. The fraction of sp³-hybridized carbons (Fsp3) is 0. The highest BCUT2D eigenvalue weighted by Crippen LogP contribution is 2.29. The maximum absolute atomic E-state index is 9.15. The second-order valence-electron chi connectivity index (χ2n) is 2.60. The van der Waals surface area contributed by atoms with Crippen LogP contribution in [0.25, 0.3) is 10.8 Å². The molecule has 0 unspecified atom stereocenters. The Morgan fingerprint density at radius 3 is 2.67 bits per heavy atom. The molecule has 2 heteroatoms. The summed E-state index contributed by atoms with van der Waals surface area (Å²) in [5, 5.41) is 20.0. The minimum atomic E-state index is -0.107. The normalized spacial score (nSPS) is 10.3. The highest BCUT2D eigenvalue weighted by Gasteiger charge is 2.00. The third-order valence-corrected chi connectivity index (χ3v) is 1.76. The van der Waals surface area contributed by atoms with Crippen molar-refractivity contribution < 1.29 is 10.2 Å². The van der Waals surface area contributed by atoms with Gasteiger partial charge in [-0.3, -0.25) is 0 Å². The van der Waals surface area contributed by atoms with E-state index in [1.807, 2.05) is 12.1 Å². The van der Waals surface area contributed by atoms with E-state index in [0.29, 0.717) is 0 Å². The van der Waals surface area contributed by atoms with Gasteiger partial charge in [0.2, 0.25) is 0 Å². The summed E-state index contributed by atoms with van der Waals surface area (Å²) in [6, 6.07) is 11.4. The van der Waals surface area contributed by atoms with Gasteiger partial charge in [0, 0.05) is 0 Å². The van der Waals surface area contributed by atoms with E-state index in [4.69, 9.17) is 10.2 Å². The molecule has 0 aliphatic rings. The Kier molecular flexibility index (Phi) is 1.40. The van der Waals surface area contributed by atoms with Crippen molar-refractivity contribution in [2.45, 2.75) is 0 Å². The van der Waals surface area contributed by atoms with E-state index in [1.54, 1.807) is 6.07 Å². The van der Waals surface area contributed by atoms with Gasteiger partial charge in [-0.25, -0.2) is 0 Å². The summed E-state index contributed by atoms with van der Waals surface area (Å²) in [4.78, 5) is 0. The first-order valence-electron chi connectivity index (χ1n) is 3.60. The maximum Gasteiger partial charge on any atom is 0.158 e. The van der Waals surface area contributed by atoms with Crippen LogP contribution in [0.15, 0.2) is 30.3 Å². The predicted octanol–water partition coefficient (Wildman–Crippen LogP) is 2.05. The van der Waals surface area contributed by atoms with Crippen LogP contribution in [0.1, 0.15) is 0 Å². The Morgan fingerprint density at radius 1 is 1.08 bits per heavy atom. The summed E-state index contributed by atoms with van der Waals surface area (Å²) in [5.74, 6) is -0.202. The van der Waals surface area contributed by atoms with Gasteiger partial charge < -0.3 is 10.2 Å². The Bertz CT molecular complexity index is 381. The zero-order chi connectivity index (χ0) is 8.55. The summed E-state index contributed by atoms with van der Waals surface area (Å²) in [6.07, 6.45) is 0. The average molecular weight is 159 g/mol. The first-order valence-corrected chi connectivity index (χ1v) is 3.60. The summed E-state index contributed by atoms with van der Waals surface area (Å²) >= 11 is 0. The molecular weight excluding hydrogens is 152 g/mol. The van der Waals surface area contributed by atoms with Crippen molar-refractivity contribution in [2.75, 3.05) is 0 Å². The van der Waals surface area contributed by atoms with E-state index in [9.17, 15) is 0 Å². The molecule has 12 heavy (non-hydrogen) atoms. The molecule has 0 spiro atoms. The van der Waals surface area contributed by atoms with Crippen LogP contribution >= 0.6 is 0 Å². The predicted molar refractivity (Wildman–Crippen MR) is 46.1 cm³/mol. The SMILES string of the molecule is Oc1cc2[c]cccc2cc1O. The van der Waals surface area contributed by atoms with E-state index in [-0.39, 0.29) is 11.5 Å². The Labute approximate surface area is 69.7 Å². The van der Waals surface area contributed by atoms with Gasteiger partial charge in [0.05, 0.1) is 0 Å². The highest BCUT2D eigenvalue weighted by molar-refractivity contribution is 5.85. The fourth-order valence-corrected chi connectivity index (χ4v) is 1.15. The molecule has 59 valence electrons. The molecule has 0 saturated carbocycles. The van der Waals surface area contributed by atoms with Crippen LogP contribution < -0.4 is 0 Å². The molecule has 0 atom stereocenters. The number of hydrogen-bond acceptors (Lipinski definition) is 2. The topological polar surface area (TPSA) is 40.5 Å². The Hall–Kier alpha value is -1.70. The monoisotopic (exact) mass is 159 g/mol. The van der Waals surface area contributed by atoms with Crippen LogP contribution in [0.5, 0.6) is 11.5 Å². The quantitative estimate of drug-likeness (QED) is 0.577. The second-order valence-corrected chi connectivity index (χ2v) is 2.60. The molecule has 2 aromatic rings. The third kappa shape index (κ3) is 0.975. The second kappa shape index (κ2) is 2.41. The zero-order valence-corrected chi connectivity index (χ0v) is 6.28. The van der Waals surface area contributed by atoms with Crippen LogP contribution in [-0.2, 0) is 0 Å². The number of hydrogen-bond donors (Lipinski definition) is 2. The van der Waals surface area contributed by atoms with Gasteiger partial charge in [0.15, 0.2) is 11.5 Å². The molecule has 2 N–H and O–H groups in total. The van der Waals surface area contributed by atoms with Crippen molar-refractivity contribution in [3.8, 4) is 11.5 Å². The number of fused-ring (bicyclic) bond motifs is 1. The largest absolute Gasteiger partial charge is 0.504 e. The molecule has 0 saturated heterocycles. The van der Waals surface area contributed by atoms with Crippen LogP contribution in [0.3, 0.4) is 0 Å². The molecule has 0 aliphatic carbocycles.